The number of rotatable bonds is 4. The fourth-order valence-corrected chi connectivity index (χ4v) is 4.10. The summed E-state index contributed by atoms with van der Waals surface area (Å²) in [5.41, 5.74) is 6.74. The molecule has 1 aliphatic rings. The minimum Gasteiger partial charge on any atom is -0.326 e. The Labute approximate surface area is 161 Å². The summed E-state index contributed by atoms with van der Waals surface area (Å²) in [7, 11) is 0. The van der Waals surface area contributed by atoms with E-state index in [-0.39, 0.29) is 17.2 Å². The molecule has 3 aromatic carbocycles. The first-order valence-electron chi connectivity index (χ1n) is 9.51. The van der Waals surface area contributed by atoms with Gasteiger partial charge in [-0.25, -0.2) is 0 Å². The van der Waals surface area contributed by atoms with E-state index in [4.69, 9.17) is 0 Å². The van der Waals surface area contributed by atoms with Gasteiger partial charge in [-0.1, -0.05) is 77.4 Å². The van der Waals surface area contributed by atoms with Crippen LogP contribution in [0, 0.1) is 26.7 Å². The molecule has 1 fully saturated rings. The number of hydrogen-bond donors (Lipinski definition) is 1. The Morgan fingerprint density at radius 3 is 1.89 bits per heavy atom. The van der Waals surface area contributed by atoms with Crippen LogP contribution in [0.5, 0.6) is 0 Å². The van der Waals surface area contributed by atoms with Crippen molar-refractivity contribution in [2.24, 2.45) is 5.92 Å². The standard InChI is InChI=1S/C25H25NO/c1-17-10-12-22(13-11-17)26-24(27)23-16-25(23,20-8-4-6-18(2)14-20)21-9-5-7-19(3)15-21/h4-15,23H,16H2,1-3H3,(H,26,27). The summed E-state index contributed by atoms with van der Waals surface area (Å²) in [6, 6.07) is 25.2. The number of carbonyl (C=O) groups is 1. The van der Waals surface area contributed by atoms with Crippen molar-refractivity contribution in [1.82, 2.24) is 0 Å². The van der Waals surface area contributed by atoms with Crippen LogP contribution < -0.4 is 5.32 Å². The maximum absolute atomic E-state index is 13.1. The smallest absolute Gasteiger partial charge is 0.228 e. The molecule has 136 valence electrons. The van der Waals surface area contributed by atoms with Gasteiger partial charge in [0.15, 0.2) is 0 Å². The number of hydrogen-bond acceptors (Lipinski definition) is 1. The van der Waals surface area contributed by atoms with Crippen molar-refractivity contribution >= 4 is 11.6 Å². The normalized spacial score (nSPS) is 17.4. The van der Waals surface area contributed by atoms with Crippen LogP contribution in [-0.2, 0) is 10.2 Å². The lowest BCUT2D eigenvalue weighted by atomic mass is 9.84. The Kier molecular flexibility index (Phi) is 4.35. The second-order valence-corrected chi connectivity index (χ2v) is 7.82. The van der Waals surface area contributed by atoms with Crippen molar-refractivity contribution in [3.63, 3.8) is 0 Å². The predicted octanol–water partition coefficient (Wildman–Crippen LogP) is 5.56. The third-order valence-corrected chi connectivity index (χ3v) is 5.66. The largest absolute Gasteiger partial charge is 0.326 e. The van der Waals surface area contributed by atoms with Gasteiger partial charge in [-0.3, -0.25) is 4.79 Å². The minimum atomic E-state index is -0.229. The predicted molar refractivity (Wildman–Crippen MR) is 111 cm³/mol. The van der Waals surface area contributed by atoms with Gasteiger partial charge in [-0.15, -0.1) is 0 Å². The van der Waals surface area contributed by atoms with Crippen molar-refractivity contribution < 1.29 is 4.79 Å². The maximum Gasteiger partial charge on any atom is 0.228 e. The van der Waals surface area contributed by atoms with Gasteiger partial charge in [-0.2, -0.15) is 0 Å². The highest BCUT2D eigenvalue weighted by Crippen LogP contribution is 2.59. The lowest BCUT2D eigenvalue weighted by Crippen LogP contribution is -2.22. The van der Waals surface area contributed by atoms with E-state index in [1.807, 2.05) is 31.2 Å². The summed E-state index contributed by atoms with van der Waals surface area (Å²) >= 11 is 0. The molecule has 0 aliphatic heterocycles. The molecule has 0 heterocycles. The van der Waals surface area contributed by atoms with E-state index < -0.39 is 0 Å². The van der Waals surface area contributed by atoms with Crippen LogP contribution in [0.4, 0.5) is 5.69 Å². The average molecular weight is 355 g/mol. The molecule has 2 heteroatoms. The first kappa shape index (κ1) is 17.5. The molecule has 0 radical (unpaired) electrons. The van der Waals surface area contributed by atoms with Gasteiger partial charge in [-0.05, 0) is 50.5 Å². The van der Waals surface area contributed by atoms with Crippen molar-refractivity contribution in [3.05, 3.63) is 101 Å². The SMILES string of the molecule is Cc1ccc(NC(=O)C2CC2(c2cccc(C)c2)c2cccc(C)c2)cc1. The second-order valence-electron chi connectivity index (χ2n) is 7.82. The van der Waals surface area contributed by atoms with Gasteiger partial charge in [0, 0.05) is 11.1 Å². The number of nitrogens with one attached hydrogen (secondary N) is 1. The molecule has 1 N–H and O–H groups in total. The lowest BCUT2D eigenvalue weighted by Gasteiger charge is -2.20. The molecule has 1 atom stereocenters. The molecule has 1 aliphatic carbocycles. The molecule has 3 aromatic rings. The topological polar surface area (TPSA) is 29.1 Å². The zero-order chi connectivity index (χ0) is 19.0. The van der Waals surface area contributed by atoms with E-state index in [1.165, 1.54) is 27.8 Å². The van der Waals surface area contributed by atoms with Crippen LogP contribution in [0.15, 0.2) is 72.8 Å². The average Bonchev–Trinajstić information content (AvgIpc) is 3.41. The molecule has 4 rings (SSSR count). The molecule has 0 saturated heterocycles. The van der Waals surface area contributed by atoms with Crippen LogP contribution in [-0.4, -0.2) is 5.91 Å². The van der Waals surface area contributed by atoms with Crippen LogP contribution in [0.25, 0.3) is 0 Å². The van der Waals surface area contributed by atoms with Gasteiger partial charge in [0.1, 0.15) is 0 Å². The highest BCUT2D eigenvalue weighted by atomic mass is 16.2. The number of aryl methyl sites for hydroxylation is 3. The van der Waals surface area contributed by atoms with E-state index in [2.05, 4.69) is 67.7 Å². The Balaban J connectivity index is 1.69. The van der Waals surface area contributed by atoms with Crippen LogP contribution in [0.1, 0.15) is 34.2 Å². The number of carbonyl (C=O) groups excluding carboxylic acids is 1. The Bertz CT molecular complexity index is 942. The van der Waals surface area contributed by atoms with Gasteiger partial charge in [0.2, 0.25) is 5.91 Å². The molecule has 0 spiro atoms. The first-order chi connectivity index (χ1) is 13.0. The molecule has 1 saturated carbocycles. The summed E-state index contributed by atoms with van der Waals surface area (Å²) in [5.74, 6) is 0.0456. The molecule has 1 unspecified atom stereocenters. The van der Waals surface area contributed by atoms with Gasteiger partial charge in [0.25, 0.3) is 0 Å². The van der Waals surface area contributed by atoms with Crippen LogP contribution in [0.3, 0.4) is 0 Å². The zero-order valence-electron chi connectivity index (χ0n) is 16.1. The first-order valence-corrected chi connectivity index (χ1v) is 9.51. The van der Waals surface area contributed by atoms with Crippen molar-refractivity contribution in [2.45, 2.75) is 32.6 Å². The summed E-state index contributed by atoms with van der Waals surface area (Å²) in [5, 5.41) is 3.12. The Morgan fingerprint density at radius 1 is 0.815 bits per heavy atom. The molecule has 0 aromatic heterocycles. The minimum absolute atomic E-state index is 0.0533. The molecule has 0 bridgehead atoms. The summed E-state index contributed by atoms with van der Waals surface area (Å²) in [4.78, 5) is 13.1. The highest BCUT2D eigenvalue weighted by Gasteiger charge is 2.60. The molecule has 1 amide bonds. The Morgan fingerprint density at radius 2 is 1.37 bits per heavy atom. The lowest BCUT2D eigenvalue weighted by molar-refractivity contribution is -0.117. The van der Waals surface area contributed by atoms with E-state index in [1.54, 1.807) is 0 Å². The molecule has 2 nitrogen and oxygen atoms in total. The van der Waals surface area contributed by atoms with Crippen LogP contribution in [0.2, 0.25) is 0 Å². The Hall–Kier alpha value is -2.87. The van der Waals surface area contributed by atoms with E-state index in [0.29, 0.717) is 0 Å². The monoisotopic (exact) mass is 355 g/mol. The highest BCUT2D eigenvalue weighted by molar-refractivity contribution is 5.97. The van der Waals surface area contributed by atoms with Crippen molar-refractivity contribution in [3.8, 4) is 0 Å². The summed E-state index contributed by atoms with van der Waals surface area (Å²) in [6.07, 6.45) is 0.845. The molecular weight excluding hydrogens is 330 g/mol. The fraction of sp³-hybridized carbons (Fsp3) is 0.240. The summed E-state index contributed by atoms with van der Waals surface area (Å²) in [6.45, 7) is 6.27. The maximum atomic E-state index is 13.1. The molecular formula is C25H25NO. The van der Waals surface area contributed by atoms with Gasteiger partial charge < -0.3 is 5.32 Å². The zero-order valence-corrected chi connectivity index (χ0v) is 16.1. The number of amides is 1. The second kappa shape index (κ2) is 6.70. The van der Waals surface area contributed by atoms with Crippen LogP contribution >= 0.6 is 0 Å². The molecule has 27 heavy (non-hydrogen) atoms. The number of anilines is 1. The third kappa shape index (κ3) is 3.28. The van der Waals surface area contributed by atoms with Gasteiger partial charge >= 0.3 is 0 Å². The van der Waals surface area contributed by atoms with Gasteiger partial charge in [0.05, 0.1) is 5.92 Å². The summed E-state index contributed by atoms with van der Waals surface area (Å²) < 4.78 is 0. The van der Waals surface area contributed by atoms with Crippen molar-refractivity contribution in [2.75, 3.05) is 5.32 Å². The number of benzene rings is 3. The van der Waals surface area contributed by atoms with Crippen molar-refractivity contribution in [1.29, 1.82) is 0 Å². The van der Waals surface area contributed by atoms with E-state index >= 15 is 0 Å². The third-order valence-electron chi connectivity index (χ3n) is 5.66. The van der Waals surface area contributed by atoms with E-state index in [9.17, 15) is 4.79 Å². The fourth-order valence-electron chi connectivity index (χ4n) is 4.10. The quantitative estimate of drug-likeness (QED) is 0.652. The van der Waals surface area contributed by atoms with E-state index in [0.717, 1.165) is 12.1 Å².